The van der Waals surface area contributed by atoms with Crippen LogP contribution in [0.1, 0.15) is 10.4 Å². The van der Waals surface area contributed by atoms with Crippen LogP contribution in [-0.4, -0.2) is 59.2 Å². The van der Waals surface area contributed by atoms with Crippen LogP contribution in [-0.2, 0) is 0 Å². The number of halogens is 1. The van der Waals surface area contributed by atoms with Crippen molar-refractivity contribution in [2.75, 3.05) is 31.1 Å². The highest BCUT2D eigenvalue weighted by Crippen LogP contribution is 2.28. The fourth-order valence-electron chi connectivity index (χ4n) is 3.25. The van der Waals surface area contributed by atoms with Gasteiger partial charge in [-0.25, -0.2) is 19.0 Å². The van der Waals surface area contributed by atoms with Crippen molar-refractivity contribution in [1.82, 2.24) is 15.2 Å². The fraction of sp³-hybridized carbons (Fsp3) is 0.278. The molecule has 8 nitrogen and oxygen atoms in total. The van der Waals surface area contributed by atoms with E-state index in [2.05, 4.69) is 10.3 Å². The van der Waals surface area contributed by atoms with Gasteiger partial charge in [0, 0.05) is 19.6 Å². The van der Waals surface area contributed by atoms with E-state index in [1.807, 2.05) is 4.90 Å². The van der Waals surface area contributed by atoms with E-state index in [0.29, 0.717) is 18.9 Å². The van der Waals surface area contributed by atoms with Gasteiger partial charge in [-0.1, -0.05) is 0 Å². The van der Waals surface area contributed by atoms with Crippen LogP contribution in [0.3, 0.4) is 0 Å². The Labute approximate surface area is 154 Å². The number of nitrogens with zero attached hydrogens (tertiary/aromatic N) is 3. The number of benzene rings is 1. The lowest BCUT2D eigenvalue weighted by atomic mass is 10.2. The Morgan fingerprint density at radius 2 is 2.19 bits per heavy atom. The number of piperazine rings is 1. The van der Waals surface area contributed by atoms with Crippen molar-refractivity contribution in [2.24, 2.45) is 0 Å². The molecule has 2 saturated heterocycles. The number of hydrogen-bond donors (Lipinski definition) is 2. The predicted octanol–water partition coefficient (Wildman–Crippen LogP) is 1.92. The van der Waals surface area contributed by atoms with E-state index in [9.17, 15) is 14.0 Å². The number of carbonyl (C=O) groups excluding carboxylic acids is 1. The number of rotatable bonds is 4. The van der Waals surface area contributed by atoms with Crippen molar-refractivity contribution in [3.8, 4) is 11.5 Å². The van der Waals surface area contributed by atoms with Gasteiger partial charge in [-0.15, -0.1) is 0 Å². The van der Waals surface area contributed by atoms with E-state index in [-0.39, 0.29) is 29.1 Å². The molecule has 1 aromatic carbocycles. The summed E-state index contributed by atoms with van der Waals surface area (Å²) in [6.45, 7) is 2.77. The number of fused-ring (bicyclic) bond motifs is 1. The van der Waals surface area contributed by atoms with Crippen LogP contribution in [0.15, 0.2) is 36.5 Å². The molecule has 1 aromatic heterocycles. The molecule has 1 atom stereocenters. The van der Waals surface area contributed by atoms with Crippen molar-refractivity contribution in [2.45, 2.75) is 6.04 Å². The summed E-state index contributed by atoms with van der Waals surface area (Å²) in [6.07, 6.45) is 1.41. The van der Waals surface area contributed by atoms with Crippen molar-refractivity contribution in [1.29, 1.82) is 0 Å². The molecule has 2 N–H and O–H groups in total. The number of hydrogen-bond acceptors (Lipinski definition) is 5. The number of nitrogens with one attached hydrogen (secondary N) is 1. The molecule has 0 radical (unpaired) electrons. The monoisotopic (exact) mass is 372 g/mol. The Hall–Kier alpha value is -3.20. The number of carbonyl (C=O) groups is 2. The summed E-state index contributed by atoms with van der Waals surface area (Å²) >= 11 is 0. The predicted molar refractivity (Wildman–Crippen MR) is 93.8 cm³/mol. The Kier molecular flexibility index (Phi) is 4.36. The van der Waals surface area contributed by atoms with Crippen LogP contribution in [0.25, 0.3) is 0 Å². The molecule has 0 saturated carbocycles. The van der Waals surface area contributed by atoms with E-state index >= 15 is 0 Å². The molecule has 3 heterocycles. The van der Waals surface area contributed by atoms with Gasteiger partial charge in [-0.05, 0) is 30.3 Å². The first-order valence-electron chi connectivity index (χ1n) is 8.48. The zero-order chi connectivity index (χ0) is 19.0. The van der Waals surface area contributed by atoms with Gasteiger partial charge in [0.05, 0.1) is 24.3 Å². The van der Waals surface area contributed by atoms with Gasteiger partial charge in [0.25, 0.3) is 0 Å². The van der Waals surface area contributed by atoms with Gasteiger partial charge in [-0.3, -0.25) is 4.90 Å². The molecule has 2 aliphatic rings. The number of carboxylic acids is 1. The van der Waals surface area contributed by atoms with Gasteiger partial charge in [0.2, 0.25) is 0 Å². The topological polar surface area (TPSA) is 95.0 Å². The second-order valence-corrected chi connectivity index (χ2v) is 6.35. The highest BCUT2D eigenvalue weighted by molar-refractivity contribution is 5.93. The van der Waals surface area contributed by atoms with E-state index in [4.69, 9.17) is 9.84 Å². The third kappa shape index (κ3) is 3.28. The number of aromatic carboxylic acids is 1. The lowest BCUT2D eigenvalue weighted by molar-refractivity contribution is 0.0696. The van der Waals surface area contributed by atoms with Crippen molar-refractivity contribution in [3.05, 3.63) is 47.9 Å². The summed E-state index contributed by atoms with van der Waals surface area (Å²) in [7, 11) is 0. The van der Waals surface area contributed by atoms with Crippen molar-refractivity contribution in [3.63, 3.8) is 0 Å². The van der Waals surface area contributed by atoms with E-state index < -0.39 is 11.8 Å². The van der Waals surface area contributed by atoms with Gasteiger partial charge >= 0.3 is 12.0 Å². The number of ether oxygens (including phenoxy) is 1. The molecule has 140 valence electrons. The molecule has 1 unspecified atom stereocenters. The van der Waals surface area contributed by atoms with Crippen LogP contribution in [0.2, 0.25) is 0 Å². The number of urea groups is 1. The zero-order valence-electron chi connectivity index (χ0n) is 14.3. The molecule has 2 aliphatic heterocycles. The number of amides is 2. The standard InChI is InChI=1S/C18H17FN4O4/c19-14-7-11(17(24)25)1-3-15(14)27-13-2-4-16(21-9-13)23-10-12-8-20-5-6-22(12)18(23)26/h1-4,7,9,12,20H,5-6,8,10H2,(H,24,25). The average molecular weight is 372 g/mol. The third-order valence-electron chi connectivity index (χ3n) is 4.62. The Morgan fingerprint density at radius 1 is 1.33 bits per heavy atom. The first-order chi connectivity index (χ1) is 13.0. The third-order valence-corrected chi connectivity index (χ3v) is 4.62. The smallest absolute Gasteiger partial charge is 0.335 e. The lowest BCUT2D eigenvalue weighted by Crippen LogP contribution is -2.49. The Balaban J connectivity index is 1.48. The van der Waals surface area contributed by atoms with Gasteiger partial charge in [-0.2, -0.15) is 0 Å². The minimum atomic E-state index is -1.21. The number of anilines is 1. The van der Waals surface area contributed by atoms with Gasteiger partial charge in [0.1, 0.15) is 11.6 Å². The van der Waals surface area contributed by atoms with Crippen LogP contribution in [0, 0.1) is 5.82 Å². The zero-order valence-corrected chi connectivity index (χ0v) is 14.3. The summed E-state index contributed by atoms with van der Waals surface area (Å²) in [6, 6.07) is 6.70. The minimum absolute atomic E-state index is 0.0713. The molecule has 0 spiro atoms. The molecule has 0 bridgehead atoms. The molecule has 2 aromatic rings. The molecule has 2 amide bonds. The summed E-state index contributed by atoms with van der Waals surface area (Å²) in [5.74, 6) is -1.31. The lowest BCUT2D eigenvalue weighted by Gasteiger charge is -2.28. The average Bonchev–Trinajstić information content (AvgIpc) is 3.01. The van der Waals surface area contributed by atoms with Crippen LogP contribution in [0.5, 0.6) is 11.5 Å². The van der Waals surface area contributed by atoms with Gasteiger partial charge < -0.3 is 20.1 Å². The Bertz CT molecular complexity index is 889. The molecule has 27 heavy (non-hydrogen) atoms. The fourth-order valence-corrected chi connectivity index (χ4v) is 3.25. The summed E-state index contributed by atoms with van der Waals surface area (Å²) in [5.41, 5.74) is -0.160. The maximum Gasteiger partial charge on any atom is 0.335 e. The number of aromatic nitrogens is 1. The second-order valence-electron chi connectivity index (χ2n) is 6.35. The maximum atomic E-state index is 14.0. The summed E-state index contributed by atoms with van der Waals surface area (Å²) in [4.78, 5) is 31.1. The second kappa shape index (κ2) is 6.84. The molecular weight excluding hydrogens is 355 g/mol. The van der Waals surface area contributed by atoms with Crippen LogP contribution < -0.4 is 15.0 Å². The first-order valence-corrected chi connectivity index (χ1v) is 8.48. The van der Waals surface area contributed by atoms with Crippen LogP contribution >= 0.6 is 0 Å². The molecule has 9 heteroatoms. The summed E-state index contributed by atoms with van der Waals surface area (Å²) < 4.78 is 19.4. The Morgan fingerprint density at radius 3 is 2.85 bits per heavy atom. The summed E-state index contributed by atoms with van der Waals surface area (Å²) in [5, 5.41) is 12.1. The van der Waals surface area contributed by atoms with E-state index in [0.717, 1.165) is 19.2 Å². The highest BCUT2D eigenvalue weighted by atomic mass is 19.1. The van der Waals surface area contributed by atoms with Crippen LogP contribution in [0.4, 0.5) is 15.0 Å². The SMILES string of the molecule is O=C(O)c1ccc(Oc2ccc(N3CC4CNCCN4C3=O)nc2)c(F)c1. The quantitative estimate of drug-likeness (QED) is 0.852. The molecule has 0 aliphatic carbocycles. The molecule has 4 rings (SSSR count). The number of pyridine rings is 1. The first kappa shape index (κ1) is 17.2. The van der Waals surface area contributed by atoms with Crippen molar-refractivity contribution >= 4 is 17.8 Å². The maximum absolute atomic E-state index is 14.0. The number of carboxylic acid groups (broad SMARTS) is 1. The highest BCUT2D eigenvalue weighted by Gasteiger charge is 2.39. The van der Waals surface area contributed by atoms with Crippen molar-refractivity contribution < 1.29 is 23.8 Å². The van der Waals surface area contributed by atoms with E-state index in [1.54, 1.807) is 17.0 Å². The molecule has 2 fully saturated rings. The normalized spacial score (nSPS) is 19.1. The van der Waals surface area contributed by atoms with Gasteiger partial charge in [0.15, 0.2) is 11.6 Å². The van der Waals surface area contributed by atoms with E-state index in [1.165, 1.54) is 18.3 Å². The largest absolute Gasteiger partial charge is 0.478 e. The minimum Gasteiger partial charge on any atom is -0.478 e. The molecular formula is C18H17FN4O4.